The molecule has 0 bridgehead atoms. The molecule has 0 radical (unpaired) electrons. The van der Waals surface area contributed by atoms with E-state index in [1.54, 1.807) is 0 Å². The number of carbonyl (C=O) groups is 2. The Morgan fingerprint density at radius 1 is 1.07 bits per heavy atom. The summed E-state index contributed by atoms with van der Waals surface area (Å²) >= 11 is 1.46. The highest BCUT2D eigenvalue weighted by molar-refractivity contribution is 7.13. The smallest absolute Gasteiger partial charge is 0.267 e. The zero-order valence-electron chi connectivity index (χ0n) is 18.2. The predicted octanol–water partition coefficient (Wildman–Crippen LogP) is 2.74. The fourth-order valence-electron chi connectivity index (χ4n) is 3.40. The average molecular weight is 430 g/mol. The van der Waals surface area contributed by atoms with Crippen molar-refractivity contribution in [2.24, 2.45) is 0 Å². The molecule has 2 aromatic rings. The van der Waals surface area contributed by atoms with Crippen molar-refractivity contribution >= 4 is 28.8 Å². The number of nitrogens with one attached hydrogen (secondary N) is 2. The third-order valence-electron chi connectivity index (χ3n) is 4.78. The molecule has 0 spiro atoms. The van der Waals surface area contributed by atoms with E-state index in [-0.39, 0.29) is 17.4 Å². The van der Waals surface area contributed by atoms with E-state index >= 15 is 0 Å². The van der Waals surface area contributed by atoms with Crippen molar-refractivity contribution in [2.75, 3.05) is 38.0 Å². The second kappa shape index (κ2) is 9.68. The van der Waals surface area contributed by atoms with Crippen molar-refractivity contribution < 1.29 is 9.59 Å². The number of piperazine rings is 1. The molecule has 0 saturated carbocycles. The van der Waals surface area contributed by atoms with Crippen LogP contribution in [-0.2, 0) is 11.3 Å². The number of anilines is 1. The molecule has 0 unspecified atom stereocenters. The topological polar surface area (TPSA) is 77.6 Å². The summed E-state index contributed by atoms with van der Waals surface area (Å²) in [4.78, 5) is 34.5. The van der Waals surface area contributed by atoms with Crippen LogP contribution in [0.25, 0.3) is 0 Å². The number of para-hydroxylation sites is 1. The summed E-state index contributed by atoms with van der Waals surface area (Å²) in [7, 11) is 0. The summed E-state index contributed by atoms with van der Waals surface area (Å²) in [6.07, 6.45) is 0. The Bertz CT molecular complexity index is 867. The van der Waals surface area contributed by atoms with Gasteiger partial charge in [-0.15, -0.1) is 11.3 Å². The van der Waals surface area contributed by atoms with Crippen LogP contribution in [0.3, 0.4) is 0 Å². The van der Waals surface area contributed by atoms with Gasteiger partial charge in [-0.2, -0.15) is 0 Å². The van der Waals surface area contributed by atoms with E-state index in [1.165, 1.54) is 11.3 Å². The molecule has 1 saturated heterocycles. The van der Waals surface area contributed by atoms with E-state index in [0.29, 0.717) is 11.4 Å². The zero-order valence-corrected chi connectivity index (χ0v) is 19.0. The van der Waals surface area contributed by atoms with Gasteiger partial charge in [0, 0.05) is 37.4 Å². The number of hydrogen-bond acceptors (Lipinski definition) is 6. The van der Waals surface area contributed by atoms with Crippen LogP contribution in [0.15, 0.2) is 30.3 Å². The summed E-state index contributed by atoms with van der Waals surface area (Å²) in [5.41, 5.74) is 1.34. The lowest BCUT2D eigenvalue weighted by Crippen LogP contribution is -2.51. The molecular formula is C22H31N5O2S. The number of aryl methyl sites for hydroxylation is 1. The standard InChI is InChI=1S/C22H31N5O2S/c1-16-20(21(29)24-17-8-6-5-7-9-17)30-19(23-16)15-27-12-10-26(11-13-27)14-18(28)25-22(2,3)4/h5-9H,10-15H2,1-4H3,(H,24,29)(H,25,28). The number of carbonyl (C=O) groups excluding carboxylic acids is 2. The van der Waals surface area contributed by atoms with Gasteiger partial charge in [-0.05, 0) is 39.8 Å². The van der Waals surface area contributed by atoms with Gasteiger partial charge in [-0.25, -0.2) is 4.98 Å². The normalized spacial score (nSPS) is 15.7. The van der Waals surface area contributed by atoms with Crippen LogP contribution >= 0.6 is 11.3 Å². The maximum Gasteiger partial charge on any atom is 0.267 e. The fraction of sp³-hybridized carbons (Fsp3) is 0.500. The highest BCUT2D eigenvalue weighted by Gasteiger charge is 2.23. The number of amides is 2. The van der Waals surface area contributed by atoms with E-state index in [2.05, 4.69) is 25.4 Å². The third-order valence-corrected chi connectivity index (χ3v) is 5.93. The predicted molar refractivity (Wildman–Crippen MR) is 121 cm³/mol. The first-order chi connectivity index (χ1) is 14.2. The lowest BCUT2D eigenvalue weighted by molar-refractivity contribution is -0.124. The van der Waals surface area contributed by atoms with Crippen LogP contribution in [0.4, 0.5) is 5.69 Å². The van der Waals surface area contributed by atoms with Gasteiger partial charge in [0.05, 0.1) is 18.8 Å². The maximum absolute atomic E-state index is 12.6. The van der Waals surface area contributed by atoms with Gasteiger partial charge in [-0.3, -0.25) is 19.4 Å². The average Bonchev–Trinajstić information content (AvgIpc) is 3.03. The van der Waals surface area contributed by atoms with E-state index in [4.69, 9.17) is 0 Å². The van der Waals surface area contributed by atoms with Crippen molar-refractivity contribution in [3.63, 3.8) is 0 Å². The van der Waals surface area contributed by atoms with Crippen LogP contribution in [-0.4, -0.2) is 64.9 Å². The molecule has 2 amide bonds. The van der Waals surface area contributed by atoms with Gasteiger partial charge in [0.15, 0.2) is 0 Å². The highest BCUT2D eigenvalue weighted by atomic mass is 32.1. The second-order valence-corrected chi connectivity index (χ2v) is 9.78. The largest absolute Gasteiger partial charge is 0.350 e. The van der Waals surface area contributed by atoms with Crippen LogP contribution in [0.1, 0.15) is 41.1 Å². The van der Waals surface area contributed by atoms with E-state index in [1.807, 2.05) is 58.0 Å². The number of rotatable bonds is 6. The lowest BCUT2D eigenvalue weighted by Gasteiger charge is -2.34. The van der Waals surface area contributed by atoms with Gasteiger partial charge >= 0.3 is 0 Å². The molecule has 7 nitrogen and oxygen atoms in total. The molecule has 1 fully saturated rings. The monoisotopic (exact) mass is 429 g/mol. The molecule has 3 rings (SSSR count). The van der Waals surface area contributed by atoms with Crippen LogP contribution in [0.2, 0.25) is 0 Å². The minimum atomic E-state index is -0.202. The molecule has 2 N–H and O–H groups in total. The second-order valence-electron chi connectivity index (χ2n) is 8.69. The number of thiazole rings is 1. The van der Waals surface area contributed by atoms with Crippen LogP contribution in [0.5, 0.6) is 0 Å². The highest BCUT2D eigenvalue weighted by Crippen LogP contribution is 2.21. The molecule has 1 aromatic heterocycles. The summed E-state index contributed by atoms with van der Waals surface area (Å²) in [6, 6.07) is 9.45. The Morgan fingerprint density at radius 3 is 2.33 bits per heavy atom. The Balaban J connectivity index is 1.49. The molecule has 162 valence electrons. The van der Waals surface area contributed by atoms with E-state index < -0.39 is 0 Å². The van der Waals surface area contributed by atoms with Gasteiger partial charge < -0.3 is 10.6 Å². The van der Waals surface area contributed by atoms with Crippen molar-refractivity contribution in [1.82, 2.24) is 20.1 Å². The van der Waals surface area contributed by atoms with Gasteiger partial charge in [0.25, 0.3) is 5.91 Å². The summed E-state index contributed by atoms with van der Waals surface area (Å²) in [5.74, 6) is -0.0438. The number of hydrogen-bond donors (Lipinski definition) is 2. The molecule has 1 aliphatic heterocycles. The van der Waals surface area contributed by atoms with Gasteiger partial charge in [0.2, 0.25) is 5.91 Å². The maximum atomic E-state index is 12.6. The summed E-state index contributed by atoms with van der Waals surface area (Å²) in [6.45, 7) is 12.5. The van der Waals surface area contributed by atoms with Crippen molar-refractivity contribution in [3.8, 4) is 0 Å². The third kappa shape index (κ3) is 6.62. The quantitative estimate of drug-likeness (QED) is 0.738. The Labute approximate surface area is 182 Å². The minimum absolute atomic E-state index is 0.0700. The summed E-state index contributed by atoms with van der Waals surface area (Å²) in [5, 5.41) is 6.89. The number of aromatic nitrogens is 1. The Kier molecular flexibility index (Phi) is 7.23. The molecular weight excluding hydrogens is 398 g/mol. The molecule has 8 heteroatoms. The fourth-order valence-corrected chi connectivity index (χ4v) is 4.40. The molecule has 0 aliphatic carbocycles. The molecule has 0 atom stereocenters. The van der Waals surface area contributed by atoms with Crippen LogP contribution < -0.4 is 10.6 Å². The first kappa shape index (κ1) is 22.4. The van der Waals surface area contributed by atoms with Gasteiger partial charge in [-0.1, -0.05) is 18.2 Å². The number of benzene rings is 1. The van der Waals surface area contributed by atoms with Crippen molar-refractivity contribution in [3.05, 3.63) is 45.9 Å². The zero-order chi connectivity index (χ0) is 21.7. The summed E-state index contributed by atoms with van der Waals surface area (Å²) < 4.78 is 0. The molecule has 1 aliphatic rings. The molecule has 30 heavy (non-hydrogen) atoms. The van der Waals surface area contributed by atoms with Crippen molar-refractivity contribution in [1.29, 1.82) is 0 Å². The molecule has 2 heterocycles. The first-order valence-electron chi connectivity index (χ1n) is 10.3. The SMILES string of the molecule is Cc1nc(CN2CCN(CC(=O)NC(C)(C)C)CC2)sc1C(=O)Nc1ccccc1. The number of nitrogens with zero attached hydrogens (tertiary/aromatic N) is 3. The Hall–Kier alpha value is -2.29. The van der Waals surface area contributed by atoms with Gasteiger partial charge in [0.1, 0.15) is 9.88 Å². The molecule has 1 aromatic carbocycles. The Morgan fingerprint density at radius 2 is 1.70 bits per heavy atom. The first-order valence-corrected chi connectivity index (χ1v) is 11.1. The van der Waals surface area contributed by atoms with E-state index in [0.717, 1.165) is 49.1 Å². The van der Waals surface area contributed by atoms with Crippen molar-refractivity contribution in [2.45, 2.75) is 39.8 Å². The minimum Gasteiger partial charge on any atom is -0.350 e. The van der Waals surface area contributed by atoms with E-state index in [9.17, 15) is 9.59 Å². The van der Waals surface area contributed by atoms with Crippen LogP contribution in [0, 0.1) is 6.92 Å². The lowest BCUT2D eigenvalue weighted by atomic mass is 10.1.